The SMILES string of the molecule is CC(C(=O)O)=C(C)C(=O)NC1(C)CCOC1C. The first-order valence-corrected chi connectivity index (χ1v) is 5.63. The van der Waals surface area contributed by atoms with E-state index in [-0.39, 0.29) is 23.2 Å². The average molecular weight is 241 g/mol. The van der Waals surface area contributed by atoms with E-state index >= 15 is 0 Å². The summed E-state index contributed by atoms with van der Waals surface area (Å²) in [7, 11) is 0. The van der Waals surface area contributed by atoms with Crippen molar-refractivity contribution in [3.8, 4) is 0 Å². The van der Waals surface area contributed by atoms with Crippen molar-refractivity contribution in [3.05, 3.63) is 11.1 Å². The van der Waals surface area contributed by atoms with Crippen LogP contribution in [-0.4, -0.2) is 35.2 Å². The van der Waals surface area contributed by atoms with Gasteiger partial charge in [0.05, 0.1) is 11.6 Å². The van der Waals surface area contributed by atoms with Gasteiger partial charge in [-0.3, -0.25) is 4.79 Å². The zero-order chi connectivity index (χ0) is 13.2. The number of carbonyl (C=O) groups excluding carboxylic acids is 1. The largest absolute Gasteiger partial charge is 0.478 e. The fourth-order valence-corrected chi connectivity index (χ4v) is 1.68. The quantitative estimate of drug-likeness (QED) is 0.725. The molecule has 1 rings (SSSR count). The van der Waals surface area contributed by atoms with E-state index in [1.54, 1.807) is 0 Å². The monoisotopic (exact) mass is 241 g/mol. The molecule has 17 heavy (non-hydrogen) atoms. The third-order valence-electron chi connectivity index (χ3n) is 3.51. The van der Waals surface area contributed by atoms with E-state index < -0.39 is 11.5 Å². The molecule has 2 atom stereocenters. The minimum absolute atomic E-state index is 0.0654. The van der Waals surface area contributed by atoms with Crippen LogP contribution in [0.15, 0.2) is 11.1 Å². The van der Waals surface area contributed by atoms with E-state index in [4.69, 9.17) is 9.84 Å². The fraction of sp³-hybridized carbons (Fsp3) is 0.667. The molecule has 1 heterocycles. The Morgan fingerprint density at radius 3 is 2.35 bits per heavy atom. The van der Waals surface area contributed by atoms with Crippen molar-refractivity contribution in [2.45, 2.75) is 45.8 Å². The number of carbonyl (C=O) groups is 2. The molecule has 1 aliphatic heterocycles. The van der Waals surface area contributed by atoms with Gasteiger partial charge in [0.25, 0.3) is 0 Å². The smallest absolute Gasteiger partial charge is 0.331 e. The van der Waals surface area contributed by atoms with Gasteiger partial charge in [0.15, 0.2) is 0 Å². The molecule has 5 nitrogen and oxygen atoms in total. The molecule has 2 unspecified atom stereocenters. The molecular weight excluding hydrogens is 222 g/mol. The highest BCUT2D eigenvalue weighted by Gasteiger charge is 2.38. The highest BCUT2D eigenvalue weighted by molar-refractivity contribution is 6.01. The summed E-state index contributed by atoms with van der Waals surface area (Å²) in [6, 6.07) is 0. The summed E-state index contributed by atoms with van der Waals surface area (Å²) in [4.78, 5) is 22.7. The van der Waals surface area contributed by atoms with E-state index in [0.717, 1.165) is 6.42 Å². The van der Waals surface area contributed by atoms with Crippen LogP contribution in [0.2, 0.25) is 0 Å². The molecule has 0 aromatic heterocycles. The third-order valence-corrected chi connectivity index (χ3v) is 3.51. The number of amides is 1. The van der Waals surface area contributed by atoms with Crippen LogP contribution in [0.1, 0.15) is 34.1 Å². The van der Waals surface area contributed by atoms with Gasteiger partial charge in [0, 0.05) is 17.8 Å². The Hall–Kier alpha value is -1.36. The molecule has 5 heteroatoms. The molecule has 0 bridgehead atoms. The lowest BCUT2D eigenvalue weighted by molar-refractivity contribution is -0.133. The number of hydrogen-bond acceptors (Lipinski definition) is 3. The van der Waals surface area contributed by atoms with Gasteiger partial charge in [0.1, 0.15) is 0 Å². The summed E-state index contributed by atoms with van der Waals surface area (Å²) in [5.74, 6) is -1.41. The predicted molar refractivity (Wildman–Crippen MR) is 62.6 cm³/mol. The van der Waals surface area contributed by atoms with Crippen LogP contribution < -0.4 is 5.32 Å². The first kappa shape index (κ1) is 13.7. The zero-order valence-electron chi connectivity index (χ0n) is 10.7. The molecule has 0 aliphatic carbocycles. The van der Waals surface area contributed by atoms with Crippen LogP contribution >= 0.6 is 0 Å². The Balaban J connectivity index is 2.80. The molecular formula is C12H19NO4. The molecule has 0 aromatic carbocycles. The van der Waals surface area contributed by atoms with Gasteiger partial charge in [-0.05, 0) is 34.1 Å². The standard InChI is InChI=1S/C12H19NO4/c1-7(8(2)11(15)16)10(14)13-12(4)5-6-17-9(12)3/h9H,5-6H2,1-4H3,(H,13,14)(H,15,16). The number of hydrogen-bond donors (Lipinski definition) is 2. The minimum Gasteiger partial charge on any atom is -0.478 e. The van der Waals surface area contributed by atoms with Crippen molar-refractivity contribution in [2.75, 3.05) is 6.61 Å². The lowest BCUT2D eigenvalue weighted by Crippen LogP contribution is -2.51. The van der Waals surface area contributed by atoms with Crippen molar-refractivity contribution in [3.63, 3.8) is 0 Å². The molecule has 0 spiro atoms. The molecule has 1 fully saturated rings. The van der Waals surface area contributed by atoms with Crippen molar-refractivity contribution < 1.29 is 19.4 Å². The number of carboxylic acid groups (broad SMARTS) is 1. The van der Waals surface area contributed by atoms with Crippen LogP contribution in [0.3, 0.4) is 0 Å². The maximum atomic E-state index is 11.9. The third kappa shape index (κ3) is 2.85. The van der Waals surface area contributed by atoms with E-state index in [2.05, 4.69) is 5.32 Å². The second-order valence-corrected chi connectivity index (χ2v) is 4.69. The van der Waals surface area contributed by atoms with E-state index in [1.807, 2.05) is 13.8 Å². The summed E-state index contributed by atoms with van der Waals surface area (Å²) < 4.78 is 5.41. The Labute approximate surface area is 101 Å². The van der Waals surface area contributed by atoms with E-state index in [9.17, 15) is 9.59 Å². The van der Waals surface area contributed by atoms with Crippen LogP contribution in [0.4, 0.5) is 0 Å². The van der Waals surface area contributed by atoms with Crippen molar-refractivity contribution in [1.29, 1.82) is 0 Å². The molecule has 0 radical (unpaired) electrons. The molecule has 96 valence electrons. The highest BCUT2D eigenvalue weighted by Crippen LogP contribution is 2.25. The maximum absolute atomic E-state index is 11.9. The van der Waals surface area contributed by atoms with Crippen molar-refractivity contribution in [2.24, 2.45) is 0 Å². The highest BCUT2D eigenvalue weighted by atomic mass is 16.5. The van der Waals surface area contributed by atoms with Crippen molar-refractivity contribution in [1.82, 2.24) is 5.32 Å². The molecule has 0 aromatic rings. The molecule has 0 saturated carbocycles. The van der Waals surface area contributed by atoms with E-state index in [0.29, 0.717) is 6.61 Å². The summed E-state index contributed by atoms with van der Waals surface area (Å²) in [6.45, 7) is 7.36. The van der Waals surface area contributed by atoms with Crippen LogP contribution in [-0.2, 0) is 14.3 Å². The zero-order valence-corrected chi connectivity index (χ0v) is 10.7. The lowest BCUT2D eigenvalue weighted by Gasteiger charge is -2.29. The second-order valence-electron chi connectivity index (χ2n) is 4.69. The topological polar surface area (TPSA) is 75.6 Å². The van der Waals surface area contributed by atoms with Gasteiger partial charge in [-0.25, -0.2) is 4.79 Å². The van der Waals surface area contributed by atoms with Gasteiger partial charge in [-0.2, -0.15) is 0 Å². The van der Waals surface area contributed by atoms with Crippen LogP contribution in [0.25, 0.3) is 0 Å². The number of ether oxygens (including phenoxy) is 1. The van der Waals surface area contributed by atoms with Gasteiger partial charge in [0.2, 0.25) is 5.91 Å². The number of carboxylic acids is 1. The van der Waals surface area contributed by atoms with Gasteiger partial charge >= 0.3 is 5.97 Å². The van der Waals surface area contributed by atoms with E-state index in [1.165, 1.54) is 13.8 Å². The summed E-state index contributed by atoms with van der Waals surface area (Å²) in [5.41, 5.74) is -0.118. The van der Waals surface area contributed by atoms with Crippen LogP contribution in [0.5, 0.6) is 0 Å². The summed E-state index contributed by atoms with van der Waals surface area (Å²) in [6.07, 6.45) is 0.670. The fourth-order valence-electron chi connectivity index (χ4n) is 1.68. The van der Waals surface area contributed by atoms with Gasteiger partial charge in [-0.15, -0.1) is 0 Å². The Bertz CT molecular complexity index is 375. The maximum Gasteiger partial charge on any atom is 0.331 e. The second kappa shape index (κ2) is 4.87. The normalized spacial score (nSPS) is 29.8. The Kier molecular flexibility index (Phi) is 3.93. The van der Waals surface area contributed by atoms with Crippen molar-refractivity contribution >= 4 is 11.9 Å². The van der Waals surface area contributed by atoms with Crippen LogP contribution in [0, 0.1) is 0 Å². The predicted octanol–water partition coefficient (Wildman–Crippen LogP) is 1.09. The summed E-state index contributed by atoms with van der Waals surface area (Å²) in [5, 5.41) is 11.7. The molecule has 1 aliphatic rings. The number of nitrogens with one attached hydrogen (secondary N) is 1. The first-order chi connectivity index (χ1) is 7.78. The Morgan fingerprint density at radius 1 is 1.35 bits per heavy atom. The first-order valence-electron chi connectivity index (χ1n) is 5.63. The summed E-state index contributed by atoms with van der Waals surface area (Å²) >= 11 is 0. The number of aliphatic carboxylic acids is 1. The van der Waals surface area contributed by atoms with Gasteiger partial charge < -0.3 is 15.2 Å². The number of rotatable bonds is 3. The minimum atomic E-state index is -1.07. The average Bonchev–Trinajstić information content (AvgIpc) is 2.56. The lowest BCUT2D eigenvalue weighted by atomic mass is 9.94. The van der Waals surface area contributed by atoms with Gasteiger partial charge in [-0.1, -0.05) is 0 Å². The molecule has 1 saturated heterocycles. The Morgan fingerprint density at radius 2 is 1.94 bits per heavy atom. The molecule has 1 amide bonds. The molecule has 2 N–H and O–H groups in total.